The molecule has 108 valence electrons. The number of ether oxygens (including phenoxy) is 1. The van der Waals surface area contributed by atoms with Crippen LogP contribution in [0, 0.1) is 16.7 Å². The van der Waals surface area contributed by atoms with Gasteiger partial charge in [0.2, 0.25) is 0 Å². The minimum atomic E-state index is 0.416. The van der Waals surface area contributed by atoms with Crippen LogP contribution in [0.25, 0.3) is 0 Å². The summed E-state index contributed by atoms with van der Waals surface area (Å²) in [5.41, 5.74) is 6.95. The Morgan fingerprint density at radius 3 is 2.28 bits per heavy atom. The Hall–Kier alpha value is -0.0800. The molecule has 1 aliphatic rings. The second kappa shape index (κ2) is 6.91. The van der Waals surface area contributed by atoms with Crippen LogP contribution in [0.2, 0.25) is 0 Å². The van der Waals surface area contributed by atoms with Crippen LogP contribution in [-0.2, 0) is 4.74 Å². The molecule has 0 aromatic heterocycles. The Balaban J connectivity index is 2.40. The van der Waals surface area contributed by atoms with Crippen molar-refractivity contribution in [3.8, 4) is 0 Å². The van der Waals surface area contributed by atoms with Gasteiger partial charge in [0.25, 0.3) is 0 Å². The molecule has 0 spiro atoms. The third kappa shape index (κ3) is 4.55. The fourth-order valence-electron chi connectivity index (χ4n) is 3.35. The summed E-state index contributed by atoms with van der Waals surface area (Å²) in [6.07, 6.45) is 7.77. The Labute approximate surface area is 114 Å². The van der Waals surface area contributed by atoms with E-state index < -0.39 is 0 Å². The molecule has 18 heavy (non-hydrogen) atoms. The summed E-state index contributed by atoms with van der Waals surface area (Å²) in [4.78, 5) is 0. The lowest BCUT2D eigenvalue weighted by Gasteiger charge is -2.44. The highest BCUT2D eigenvalue weighted by molar-refractivity contribution is 4.89. The van der Waals surface area contributed by atoms with Gasteiger partial charge in [-0.15, -0.1) is 0 Å². The van der Waals surface area contributed by atoms with Crippen molar-refractivity contribution < 1.29 is 4.74 Å². The molecule has 0 heterocycles. The first-order valence-electron chi connectivity index (χ1n) is 7.71. The van der Waals surface area contributed by atoms with E-state index >= 15 is 0 Å². The number of hydrogen-bond donors (Lipinski definition) is 1. The number of rotatable bonds is 6. The van der Waals surface area contributed by atoms with Gasteiger partial charge >= 0.3 is 0 Å². The highest BCUT2D eigenvalue weighted by atomic mass is 16.5. The summed E-state index contributed by atoms with van der Waals surface area (Å²) in [5.74, 6) is 0.879. The zero-order chi connectivity index (χ0) is 13.6. The van der Waals surface area contributed by atoms with E-state index in [0.29, 0.717) is 10.8 Å². The lowest BCUT2D eigenvalue weighted by atomic mass is 9.63. The van der Waals surface area contributed by atoms with Gasteiger partial charge in [0.05, 0.1) is 0 Å². The molecule has 1 rings (SSSR count). The Morgan fingerprint density at radius 2 is 1.83 bits per heavy atom. The number of nitrogens with two attached hydrogens (primary N) is 1. The molecule has 1 fully saturated rings. The van der Waals surface area contributed by atoms with Crippen LogP contribution in [0.1, 0.15) is 66.2 Å². The van der Waals surface area contributed by atoms with Crippen LogP contribution in [0.4, 0.5) is 0 Å². The van der Waals surface area contributed by atoms with Crippen molar-refractivity contribution in [1.29, 1.82) is 0 Å². The van der Waals surface area contributed by atoms with Gasteiger partial charge in [0, 0.05) is 13.2 Å². The maximum atomic E-state index is 6.07. The molecule has 0 radical (unpaired) electrons. The molecule has 0 aromatic carbocycles. The molecular formula is C16H33NO. The lowest BCUT2D eigenvalue weighted by Crippen LogP contribution is -2.37. The molecule has 0 atom stereocenters. The van der Waals surface area contributed by atoms with E-state index in [4.69, 9.17) is 10.5 Å². The first-order chi connectivity index (χ1) is 8.43. The molecule has 1 aliphatic carbocycles. The summed E-state index contributed by atoms with van der Waals surface area (Å²) >= 11 is 0. The van der Waals surface area contributed by atoms with Crippen molar-refractivity contribution in [2.45, 2.75) is 66.2 Å². The molecule has 2 N–H and O–H groups in total. The van der Waals surface area contributed by atoms with Crippen LogP contribution >= 0.6 is 0 Å². The Bertz CT molecular complexity index is 224. The highest BCUT2D eigenvalue weighted by Gasteiger charge is 2.37. The minimum Gasteiger partial charge on any atom is -0.382 e. The van der Waals surface area contributed by atoms with E-state index in [2.05, 4.69) is 27.7 Å². The van der Waals surface area contributed by atoms with Crippen LogP contribution in [0.15, 0.2) is 0 Å². The van der Waals surface area contributed by atoms with Gasteiger partial charge in [-0.25, -0.2) is 0 Å². The van der Waals surface area contributed by atoms with Crippen LogP contribution in [0.3, 0.4) is 0 Å². The quantitative estimate of drug-likeness (QED) is 0.729. The van der Waals surface area contributed by atoms with Crippen molar-refractivity contribution >= 4 is 0 Å². The van der Waals surface area contributed by atoms with Crippen LogP contribution < -0.4 is 5.73 Å². The van der Waals surface area contributed by atoms with E-state index in [-0.39, 0.29) is 0 Å². The maximum absolute atomic E-state index is 6.07. The van der Waals surface area contributed by atoms with Gasteiger partial charge in [0.1, 0.15) is 0 Å². The first kappa shape index (κ1) is 16.0. The SMILES string of the molecule is CCOCCCC1(CN)CCC(C(C)(C)C)CC1. The van der Waals surface area contributed by atoms with E-state index in [9.17, 15) is 0 Å². The van der Waals surface area contributed by atoms with Gasteiger partial charge < -0.3 is 10.5 Å². The molecule has 0 aliphatic heterocycles. The fraction of sp³-hybridized carbons (Fsp3) is 1.00. The molecule has 0 saturated heterocycles. The fourth-order valence-corrected chi connectivity index (χ4v) is 3.35. The van der Waals surface area contributed by atoms with Gasteiger partial charge in [-0.05, 0) is 68.7 Å². The third-order valence-corrected chi connectivity index (χ3v) is 4.90. The van der Waals surface area contributed by atoms with Crippen LogP contribution in [-0.4, -0.2) is 19.8 Å². The first-order valence-corrected chi connectivity index (χ1v) is 7.71. The topological polar surface area (TPSA) is 35.2 Å². The minimum absolute atomic E-state index is 0.416. The van der Waals surface area contributed by atoms with Gasteiger partial charge in [-0.1, -0.05) is 20.8 Å². The molecule has 2 heteroatoms. The Morgan fingerprint density at radius 1 is 1.22 bits per heavy atom. The summed E-state index contributed by atoms with van der Waals surface area (Å²) < 4.78 is 5.45. The highest BCUT2D eigenvalue weighted by Crippen LogP contribution is 2.46. The van der Waals surface area contributed by atoms with E-state index in [1.165, 1.54) is 38.5 Å². The van der Waals surface area contributed by atoms with E-state index in [0.717, 1.165) is 25.7 Å². The van der Waals surface area contributed by atoms with Crippen molar-refractivity contribution in [1.82, 2.24) is 0 Å². The average molecular weight is 255 g/mol. The summed E-state index contributed by atoms with van der Waals surface area (Å²) in [6, 6.07) is 0. The van der Waals surface area contributed by atoms with Gasteiger partial charge in [-0.3, -0.25) is 0 Å². The van der Waals surface area contributed by atoms with Gasteiger partial charge in [-0.2, -0.15) is 0 Å². The van der Waals surface area contributed by atoms with Gasteiger partial charge in [0.15, 0.2) is 0 Å². The smallest absolute Gasteiger partial charge is 0.0466 e. The van der Waals surface area contributed by atoms with Crippen molar-refractivity contribution in [3.05, 3.63) is 0 Å². The molecule has 0 unspecified atom stereocenters. The summed E-state index contributed by atoms with van der Waals surface area (Å²) in [5, 5.41) is 0. The second-order valence-corrected chi connectivity index (χ2v) is 7.14. The van der Waals surface area contributed by atoms with Crippen molar-refractivity contribution in [3.63, 3.8) is 0 Å². The zero-order valence-corrected chi connectivity index (χ0v) is 12.9. The maximum Gasteiger partial charge on any atom is 0.0466 e. The monoisotopic (exact) mass is 255 g/mol. The third-order valence-electron chi connectivity index (χ3n) is 4.90. The lowest BCUT2D eigenvalue weighted by molar-refractivity contribution is 0.0713. The molecule has 0 bridgehead atoms. The standard InChI is InChI=1S/C16H33NO/c1-5-18-12-6-9-16(13-17)10-7-14(8-11-16)15(2,3)4/h14H,5-13,17H2,1-4H3. The van der Waals surface area contributed by atoms with E-state index in [1.807, 2.05) is 0 Å². The largest absolute Gasteiger partial charge is 0.382 e. The second-order valence-electron chi connectivity index (χ2n) is 7.14. The predicted molar refractivity (Wildman–Crippen MR) is 78.6 cm³/mol. The van der Waals surface area contributed by atoms with Crippen molar-refractivity contribution in [2.24, 2.45) is 22.5 Å². The molecule has 0 amide bonds. The molecule has 0 aromatic rings. The number of hydrogen-bond acceptors (Lipinski definition) is 2. The van der Waals surface area contributed by atoms with E-state index in [1.54, 1.807) is 0 Å². The molecule has 2 nitrogen and oxygen atoms in total. The van der Waals surface area contributed by atoms with Crippen molar-refractivity contribution in [2.75, 3.05) is 19.8 Å². The predicted octanol–water partition coefficient (Wildman–Crippen LogP) is 3.98. The average Bonchev–Trinajstić information content (AvgIpc) is 2.34. The van der Waals surface area contributed by atoms with Crippen LogP contribution in [0.5, 0.6) is 0 Å². The molecule has 1 saturated carbocycles. The zero-order valence-electron chi connectivity index (χ0n) is 12.9. The molecular weight excluding hydrogens is 222 g/mol. The Kier molecular flexibility index (Phi) is 6.13. The normalized spacial score (nSPS) is 29.5. The summed E-state index contributed by atoms with van der Waals surface area (Å²) in [7, 11) is 0. The summed E-state index contributed by atoms with van der Waals surface area (Å²) in [6.45, 7) is 11.8.